The predicted octanol–water partition coefficient (Wildman–Crippen LogP) is 4.21. The zero-order valence-corrected chi connectivity index (χ0v) is 22.0. The molecule has 3 rings (SSSR count). The van der Waals surface area contributed by atoms with Crippen LogP contribution in [-0.4, -0.2) is 44.3 Å². The van der Waals surface area contributed by atoms with Crippen molar-refractivity contribution in [2.75, 3.05) is 17.4 Å². The maximum absolute atomic E-state index is 13.7. The minimum absolute atomic E-state index is 0.00337. The van der Waals surface area contributed by atoms with Crippen LogP contribution in [0, 0.1) is 11.7 Å². The van der Waals surface area contributed by atoms with Gasteiger partial charge in [-0.2, -0.15) is 0 Å². The van der Waals surface area contributed by atoms with Crippen LogP contribution in [0.2, 0.25) is 0 Å². The summed E-state index contributed by atoms with van der Waals surface area (Å²) in [5.41, 5.74) is 0.925. The number of nitrogens with one attached hydrogen (secondary N) is 1. The lowest BCUT2D eigenvalue weighted by Gasteiger charge is -2.32. The summed E-state index contributed by atoms with van der Waals surface area (Å²) in [6, 6.07) is 20.9. The van der Waals surface area contributed by atoms with Gasteiger partial charge in [0, 0.05) is 13.1 Å². The van der Waals surface area contributed by atoms with Gasteiger partial charge in [-0.3, -0.25) is 13.9 Å². The van der Waals surface area contributed by atoms with Gasteiger partial charge in [-0.1, -0.05) is 62.4 Å². The molecular formula is C28H32FN3O4S. The molecule has 0 saturated heterocycles. The summed E-state index contributed by atoms with van der Waals surface area (Å²) in [6.45, 7) is 5.42. The van der Waals surface area contributed by atoms with Gasteiger partial charge in [-0.05, 0) is 54.8 Å². The molecule has 1 unspecified atom stereocenters. The normalized spacial score (nSPS) is 12.1. The minimum Gasteiger partial charge on any atom is -0.354 e. The van der Waals surface area contributed by atoms with E-state index in [1.165, 1.54) is 41.3 Å². The third kappa shape index (κ3) is 7.39. The Morgan fingerprint density at radius 2 is 1.43 bits per heavy atom. The molecule has 1 atom stereocenters. The van der Waals surface area contributed by atoms with Crippen molar-refractivity contribution >= 4 is 27.5 Å². The van der Waals surface area contributed by atoms with E-state index in [1.807, 2.05) is 13.8 Å². The van der Waals surface area contributed by atoms with Crippen LogP contribution in [0.3, 0.4) is 0 Å². The van der Waals surface area contributed by atoms with E-state index in [1.54, 1.807) is 55.5 Å². The summed E-state index contributed by atoms with van der Waals surface area (Å²) < 4.78 is 41.7. The van der Waals surface area contributed by atoms with Gasteiger partial charge in [0.1, 0.15) is 18.4 Å². The molecular weight excluding hydrogens is 493 g/mol. The van der Waals surface area contributed by atoms with Crippen LogP contribution in [-0.2, 0) is 26.2 Å². The first-order valence-corrected chi connectivity index (χ1v) is 13.5. The molecule has 3 aromatic rings. The molecule has 37 heavy (non-hydrogen) atoms. The first kappa shape index (κ1) is 27.9. The van der Waals surface area contributed by atoms with Gasteiger partial charge in [0.25, 0.3) is 10.0 Å². The first-order valence-electron chi connectivity index (χ1n) is 12.0. The number of nitrogens with zero attached hydrogens (tertiary/aromatic N) is 2. The van der Waals surface area contributed by atoms with E-state index in [0.29, 0.717) is 17.8 Å². The fourth-order valence-electron chi connectivity index (χ4n) is 3.66. The number of halogens is 1. The van der Waals surface area contributed by atoms with Crippen molar-refractivity contribution < 1.29 is 22.4 Å². The number of para-hydroxylation sites is 1. The van der Waals surface area contributed by atoms with Crippen molar-refractivity contribution in [3.8, 4) is 0 Å². The number of benzene rings is 3. The van der Waals surface area contributed by atoms with Crippen molar-refractivity contribution in [3.63, 3.8) is 0 Å². The molecule has 2 amide bonds. The zero-order chi connectivity index (χ0) is 27.0. The van der Waals surface area contributed by atoms with Crippen molar-refractivity contribution in [1.29, 1.82) is 0 Å². The second-order valence-electron chi connectivity index (χ2n) is 9.12. The zero-order valence-electron chi connectivity index (χ0n) is 21.2. The lowest BCUT2D eigenvalue weighted by molar-refractivity contribution is -0.139. The number of amides is 2. The fraction of sp³-hybridized carbons (Fsp3) is 0.286. The molecule has 9 heteroatoms. The Hall–Kier alpha value is -3.72. The minimum atomic E-state index is -4.09. The highest BCUT2D eigenvalue weighted by Crippen LogP contribution is 2.24. The molecule has 1 N–H and O–H groups in total. The number of rotatable bonds is 11. The summed E-state index contributed by atoms with van der Waals surface area (Å²) >= 11 is 0. The molecule has 0 saturated carbocycles. The summed E-state index contributed by atoms with van der Waals surface area (Å²) in [4.78, 5) is 28.0. The molecule has 0 heterocycles. The molecule has 0 aliphatic heterocycles. The number of sulfonamides is 1. The predicted molar refractivity (Wildman–Crippen MR) is 142 cm³/mol. The second-order valence-corrected chi connectivity index (χ2v) is 11.0. The Bertz CT molecular complexity index is 1280. The Balaban J connectivity index is 1.96. The lowest BCUT2D eigenvalue weighted by Crippen LogP contribution is -2.51. The monoisotopic (exact) mass is 525 g/mol. The summed E-state index contributed by atoms with van der Waals surface area (Å²) in [5.74, 6) is -1.14. The molecule has 0 fully saturated rings. The summed E-state index contributed by atoms with van der Waals surface area (Å²) in [5, 5.41) is 2.83. The quantitative estimate of drug-likeness (QED) is 0.406. The van der Waals surface area contributed by atoms with E-state index >= 15 is 0 Å². The average Bonchev–Trinajstić information content (AvgIpc) is 2.90. The Kier molecular flexibility index (Phi) is 9.41. The van der Waals surface area contributed by atoms with Crippen molar-refractivity contribution in [2.24, 2.45) is 5.92 Å². The SMILES string of the molecule is CC(C)CNC(=O)C(C)N(Cc1ccc(F)cc1)C(=O)CN(c1ccccc1)S(=O)(=O)c1ccccc1. The van der Waals surface area contributed by atoms with Crippen LogP contribution in [0.1, 0.15) is 26.3 Å². The summed E-state index contributed by atoms with van der Waals surface area (Å²) in [6.07, 6.45) is 0. The lowest BCUT2D eigenvalue weighted by atomic mass is 10.1. The highest BCUT2D eigenvalue weighted by atomic mass is 32.2. The number of anilines is 1. The standard InChI is InChI=1S/C28H32FN3O4S/c1-21(2)18-30-28(34)22(3)31(19-23-14-16-24(29)17-15-23)27(33)20-32(25-10-6-4-7-11-25)37(35,36)26-12-8-5-9-13-26/h4-17,21-22H,18-20H2,1-3H3,(H,30,34). The van der Waals surface area contributed by atoms with E-state index in [0.717, 1.165) is 4.31 Å². The third-order valence-corrected chi connectivity index (χ3v) is 7.56. The molecule has 0 bridgehead atoms. The molecule has 0 aromatic heterocycles. The third-order valence-electron chi connectivity index (χ3n) is 5.77. The maximum Gasteiger partial charge on any atom is 0.264 e. The van der Waals surface area contributed by atoms with Crippen molar-refractivity contribution in [3.05, 3.63) is 96.3 Å². The number of carbonyl (C=O) groups excluding carboxylic acids is 2. The van der Waals surface area contributed by atoms with E-state index < -0.39 is 34.3 Å². The van der Waals surface area contributed by atoms with Gasteiger partial charge in [-0.25, -0.2) is 12.8 Å². The van der Waals surface area contributed by atoms with E-state index in [2.05, 4.69) is 5.32 Å². The molecule has 0 aliphatic rings. The highest BCUT2D eigenvalue weighted by molar-refractivity contribution is 7.92. The van der Waals surface area contributed by atoms with Gasteiger partial charge < -0.3 is 10.2 Å². The molecule has 0 aliphatic carbocycles. The van der Waals surface area contributed by atoms with Crippen LogP contribution in [0.5, 0.6) is 0 Å². The molecule has 0 radical (unpaired) electrons. The van der Waals surface area contributed by atoms with Crippen molar-refractivity contribution in [2.45, 2.75) is 38.3 Å². The van der Waals surface area contributed by atoms with Gasteiger partial charge in [0.15, 0.2) is 0 Å². The largest absolute Gasteiger partial charge is 0.354 e. The van der Waals surface area contributed by atoms with E-state index in [9.17, 15) is 22.4 Å². The second kappa shape index (κ2) is 12.5. The van der Waals surface area contributed by atoms with E-state index in [4.69, 9.17) is 0 Å². The van der Waals surface area contributed by atoms with E-state index in [-0.39, 0.29) is 23.3 Å². The average molecular weight is 526 g/mol. The molecule has 196 valence electrons. The summed E-state index contributed by atoms with van der Waals surface area (Å²) in [7, 11) is -4.09. The van der Waals surface area contributed by atoms with Crippen LogP contribution in [0.25, 0.3) is 0 Å². The van der Waals surface area contributed by atoms with Crippen LogP contribution < -0.4 is 9.62 Å². The number of hydrogen-bond donors (Lipinski definition) is 1. The Morgan fingerprint density at radius 3 is 2.00 bits per heavy atom. The highest BCUT2D eigenvalue weighted by Gasteiger charge is 2.32. The molecule has 0 spiro atoms. The maximum atomic E-state index is 13.7. The van der Waals surface area contributed by atoms with Crippen molar-refractivity contribution in [1.82, 2.24) is 10.2 Å². The van der Waals surface area contributed by atoms with Crippen LogP contribution in [0.4, 0.5) is 10.1 Å². The number of hydrogen-bond acceptors (Lipinski definition) is 4. The Labute approximate surface area is 218 Å². The van der Waals surface area contributed by atoms with Crippen LogP contribution >= 0.6 is 0 Å². The molecule has 7 nitrogen and oxygen atoms in total. The van der Waals surface area contributed by atoms with Gasteiger partial charge in [0.2, 0.25) is 11.8 Å². The Morgan fingerprint density at radius 1 is 0.865 bits per heavy atom. The van der Waals surface area contributed by atoms with Gasteiger partial charge >= 0.3 is 0 Å². The molecule has 3 aromatic carbocycles. The van der Waals surface area contributed by atoms with Crippen LogP contribution in [0.15, 0.2) is 89.8 Å². The smallest absolute Gasteiger partial charge is 0.264 e. The first-order chi connectivity index (χ1) is 17.6. The number of carbonyl (C=O) groups is 2. The fourth-order valence-corrected chi connectivity index (χ4v) is 5.10. The topological polar surface area (TPSA) is 86.8 Å². The van der Waals surface area contributed by atoms with Gasteiger partial charge in [-0.15, -0.1) is 0 Å². The van der Waals surface area contributed by atoms with Gasteiger partial charge in [0.05, 0.1) is 10.6 Å².